The van der Waals surface area contributed by atoms with Crippen LogP contribution in [0.4, 0.5) is 0 Å². The molecule has 11 heteroatoms. The van der Waals surface area contributed by atoms with E-state index in [2.05, 4.69) is 0 Å². The molecular formula is C31H36O11. The number of carbonyl (C=O) groups is 2. The molecule has 3 N–H and O–H groups in total. The number of esters is 2. The normalized spacial score (nSPS) is 40.2. The summed E-state index contributed by atoms with van der Waals surface area (Å²) in [4.78, 5) is 25.4. The molecule has 2 aromatic carbocycles. The summed E-state index contributed by atoms with van der Waals surface area (Å²) in [7, 11) is 1.52. The molecule has 5 aliphatic rings. The van der Waals surface area contributed by atoms with Gasteiger partial charge in [-0.3, -0.25) is 0 Å². The van der Waals surface area contributed by atoms with E-state index in [0.29, 0.717) is 24.0 Å². The van der Waals surface area contributed by atoms with Gasteiger partial charge in [-0.2, -0.15) is 0 Å². The van der Waals surface area contributed by atoms with Crippen LogP contribution in [0.1, 0.15) is 46.9 Å². The number of hydrogen-bond acceptors (Lipinski definition) is 11. The highest BCUT2D eigenvalue weighted by Gasteiger charge is 2.85. The van der Waals surface area contributed by atoms with Crippen molar-refractivity contribution in [3.8, 4) is 0 Å². The van der Waals surface area contributed by atoms with Crippen molar-refractivity contribution in [2.45, 2.75) is 74.4 Å². The molecule has 0 amide bonds. The van der Waals surface area contributed by atoms with Crippen molar-refractivity contribution in [2.75, 3.05) is 20.3 Å². The van der Waals surface area contributed by atoms with Crippen LogP contribution in [0.15, 0.2) is 60.7 Å². The molecule has 11 nitrogen and oxygen atoms in total. The molecule has 0 aromatic heterocycles. The van der Waals surface area contributed by atoms with Crippen LogP contribution in [0.5, 0.6) is 0 Å². The Balaban J connectivity index is 1.23. The van der Waals surface area contributed by atoms with Crippen molar-refractivity contribution < 1.29 is 53.3 Å². The summed E-state index contributed by atoms with van der Waals surface area (Å²) in [5, 5.41) is 32.4. The number of rotatable bonds is 9. The first-order valence-corrected chi connectivity index (χ1v) is 14.2. The third-order valence-corrected chi connectivity index (χ3v) is 9.67. The highest BCUT2D eigenvalue weighted by atomic mass is 16.8. The molecule has 3 saturated carbocycles. The van der Waals surface area contributed by atoms with Crippen LogP contribution in [0, 0.1) is 11.3 Å². The Morgan fingerprint density at radius 1 is 0.905 bits per heavy atom. The lowest BCUT2D eigenvalue weighted by atomic mass is 9.41. The summed E-state index contributed by atoms with van der Waals surface area (Å²) in [6.45, 7) is 1.45. The maximum absolute atomic E-state index is 12.9. The largest absolute Gasteiger partial charge is 0.461 e. The van der Waals surface area contributed by atoms with Crippen LogP contribution in [0.2, 0.25) is 0 Å². The van der Waals surface area contributed by atoms with Gasteiger partial charge in [0.1, 0.15) is 43.2 Å². The number of methoxy groups -OCH3 is 1. The summed E-state index contributed by atoms with van der Waals surface area (Å²) in [5.74, 6) is -1.10. The number of fused-ring (bicyclic) bond motifs is 1. The Bertz CT molecular complexity index is 1290. The number of carbonyl (C=O) groups excluding carboxylic acids is 2. The van der Waals surface area contributed by atoms with Crippen LogP contribution < -0.4 is 0 Å². The number of aliphatic hydroxyl groups is 3. The van der Waals surface area contributed by atoms with Gasteiger partial charge in [0.15, 0.2) is 12.6 Å². The van der Waals surface area contributed by atoms with Crippen molar-refractivity contribution in [2.24, 2.45) is 11.3 Å². The second kappa shape index (κ2) is 11.0. The van der Waals surface area contributed by atoms with Crippen LogP contribution in [0.25, 0.3) is 0 Å². The maximum Gasteiger partial charge on any atom is 0.338 e. The molecule has 10 atom stereocenters. The molecule has 2 aliphatic heterocycles. The Kier molecular flexibility index (Phi) is 7.63. The molecule has 226 valence electrons. The van der Waals surface area contributed by atoms with Crippen molar-refractivity contribution >= 4 is 11.9 Å². The zero-order valence-corrected chi connectivity index (χ0v) is 23.5. The molecule has 2 heterocycles. The van der Waals surface area contributed by atoms with Crippen molar-refractivity contribution in [1.29, 1.82) is 0 Å². The SMILES string of the molecule is COC1OC2(C)CCC3CC2(OC2OC(COC(=O)c4ccccc4)C(O)C(O)C2O)C31COC(=O)c1ccccc1. The maximum atomic E-state index is 12.9. The monoisotopic (exact) mass is 584 g/mol. The minimum absolute atomic E-state index is 0.0282. The third-order valence-electron chi connectivity index (χ3n) is 9.67. The van der Waals surface area contributed by atoms with Crippen LogP contribution in [-0.2, 0) is 28.4 Å². The summed E-state index contributed by atoms with van der Waals surface area (Å²) in [6.07, 6.45) is -6.25. The highest BCUT2D eigenvalue weighted by Crippen LogP contribution is 2.75. The van der Waals surface area contributed by atoms with E-state index in [4.69, 9.17) is 28.4 Å². The highest BCUT2D eigenvalue weighted by molar-refractivity contribution is 5.89. The Morgan fingerprint density at radius 2 is 1.52 bits per heavy atom. The minimum Gasteiger partial charge on any atom is -0.461 e. The second-order valence-corrected chi connectivity index (χ2v) is 11.8. The zero-order chi connectivity index (χ0) is 29.7. The summed E-state index contributed by atoms with van der Waals surface area (Å²) in [5.41, 5.74) is -2.20. The molecule has 3 aliphatic carbocycles. The summed E-state index contributed by atoms with van der Waals surface area (Å²) < 4.78 is 36.0. The lowest BCUT2D eigenvalue weighted by Crippen LogP contribution is -2.78. The van der Waals surface area contributed by atoms with Gasteiger partial charge in [0.25, 0.3) is 0 Å². The van der Waals surface area contributed by atoms with Gasteiger partial charge in [0.2, 0.25) is 0 Å². The molecular weight excluding hydrogens is 548 g/mol. The van der Waals surface area contributed by atoms with Crippen molar-refractivity contribution in [1.82, 2.24) is 0 Å². The number of aliphatic hydroxyl groups excluding tert-OH is 3. The Morgan fingerprint density at radius 3 is 2.14 bits per heavy atom. The van der Waals surface area contributed by atoms with E-state index < -0.39 is 65.6 Å². The molecule has 42 heavy (non-hydrogen) atoms. The number of ether oxygens (including phenoxy) is 6. The van der Waals surface area contributed by atoms with E-state index >= 15 is 0 Å². The first kappa shape index (κ1) is 29.2. The Hall–Kier alpha value is -2.90. The van der Waals surface area contributed by atoms with E-state index in [1.807, 2.05) is 13.0 Å². The molecule has 7 rings (SSSR count). The van der Waals surface area contributed by atoms with Gasteiger partial charge in [-0.15, -0.1) is 0 Å². The molecule has 4 bridgehead atoms. The predicted molar refractivity (Wildman–Crippen MR) is 144 cm³/mol. The van der Waals surface area contributed by atoms with Gasteiger partial charge >= 0.3 is 11.9 Å². The summed E-state index contributed by atoms with van der Waals surface area (Å²) in [6, 6.07) is 17.0. The number of hydrogen-bond donors (Lipinski definition) is 3. The lowest BCUT2D eigenvalue weighted by Gasteiger charge is -2.67. The third kappa shape index (κ3) is 4.38. The quantitative estimate of drug-likeness (QED) is 0.371. The molecule has 5 fully saturated rings. The fourth-order valence-electron chi connectivity index (χ4n) is 7.37. The molecule has 2 aromatic rings. The fourth-order valence-corrected chi connectivity index (χ4v) is 7.37. The number of benzene rings is 2. The van der Waals surface area contributed by atoms with Gasteiger partial charge in [0.05, 0.1) is 22.1 Å². The molecule has 0 radical (unpaired) electrons. The van der Waals surface area contributed by atoms with E-state index in [9.17, 15) is 24.9 Å². The first-order valence-electron chi connectivity index (χ1n) is 14.2. The average molecular weight is 585 g/mol. The first-order chi connectivity index (χ1) is 20.2. The predicted octanol–water partition coefficient (Wildman–Crippen LogP) is 1.82. The molecule has 2 saturated heterocycles. The van der Waals surface area contributed by atoms with Crippen molar-refractivity contribution in [3.63, 3.8) is 0 Å². The van der Waals surface area contributed by atoms with Crippen LogP contribution in [-0.4, -0.2) is 95.8 Å². The minimum atomic E-state index is -1.64. The van der Waals surface area contributed by atoms with E-state index in [-0.39, 0.29) is 19.1 Å². The van der Waals surface area contributed by atoms with Crippen molar-refractivity contribution in [3.05, 3.63) is 71.8 Å². The summed E-state index contributed by atoms with van der Waals surface area (Å²) >= 11 is 0. The van der Waals surface area contributed by atoms with Gasteiger partial charge in [-0.05, 0) is 56.4 Å². The smallest absolute Gasteiger partial charge is 0.338 e. The van der Waals surface area contributed by atoms with Gasteiger partial charge in [-0.1, -0.05) is 36.4 Å². The lowest BCUT2D eigenvalue weighted by molar-refractivity contribution is -0.389. The van der Waals surface area contributed by atoms with Gasteiger partial charge in [-0.25, -0.2) is 9.59 Å². The topological polar surface area (TPSA) is 150 Å². The Labute approximate surface area is 243 Å². The standard InChI is InChI=1S/C31H36O11/c1-29-14-13-20-15-31(29,30(20,28(37-2)42-29)17-39-26(36)19-11-7-4-8-12-19)41-27-24(34)23(33)22(32)21(40-27)16-38-25(35)18-9-5-3-6-10-18/h3-12,20-24,27-28,32-34H,13-17H2,1-2H3. The zero-order valence-electron chi connectivity index (χ0n) is 23.5. The van der Waals surface area contributed by atoms with E-state index in [1.54, 1.807) is 54.6 Å². The van der Waals surface area contributed by atoms with Gasteiger partial charge in [0, 0.05) is 7.11 Å². The molecule has 0 spiro atoms. The van der Waals surface area contributed by atoms with Gasteiger partial charge < -0.3 is 43.7 Å². The molecule has 10 unspecified atom stereocenters. The fraction of sp³-hybridized carbons (Fsp3) is 0.548. The van der Waals surface area contributed by atoms with E-state index in [1.165, 1.54) is 7.11 Å². The van der Waals surface area contributed by atoms with E-state index in [0.717, 1.165) is 6.42 Å². The average Bonchev–Trinajstić information content (AvgIpc) is 3.08. The van der Waals surface area contributed by atoms with Crippen LogP contribution >= 0.6 is 0 Å². The van der Waals surface area contributed by atoms with Crippen LogP contribution in [0.3, 0.4) is 0 Å². The second-order valence-electron chi connectivity index (χ2n) is 11.8.